The van der Waals surface area contributed by atoms with Crippen molar-refractivity contribution >= 4 is 16.9 Å². The van der Waals surface area contributed by atoms with Crippen LogP contribution in [0.5, 0.6) is 0 Å². The van der Waals surface area contributed by atoms with Crippen molar-refractivity contribution in [1.29, 1.82) is 0 Å². The lowest BCUT2D eigenvalue weighted by Gasteiger charge is -2.33. The van der Waals surface area contributed by atoms with Crippen LogP contribution in [0, 0.1) is 5.92 Å². The van der Waals surface area contributed by atoms with Gasteiger partial charge in [-0.2, -0.15) is 13.2 Å². The molecule has 1 aliphatic rings. The van der Waals surface area contributed by atoms with Gasteiger partial charge < -0.3 is 4.90 Å². The van der Waals surface area contributed by atoms with Crippen LogP contribution in [0.4, 0.5) is 13.2 Å². The van der Waals surface area contributed by atoms with Crippen LogP contribution in [0.2, 0.25) is 0 Å². The molecule has 0 aromatic carbocycles. The fourth-order valence-electron chi connectivity index (χ4n) is 3.19. The number of carbonyl (C=O) groups is 1. The minimum absolute atomic E-state index is 0.00803. The van der Waals surface area contributed by atoms with Crippen molar-refractivity contribution < 1.29 is 18.0 Å². The minimum Gasteiger partial charge on any atom is -0.338 e. The van der Waals surface area contributed by atoms with Crippen LogP contribution >= 0.6 is 0 Å². The molecule has 10 heteroatoms. The summed E-state index contributed by atoms with van der Waals surface area (Å²) in [6.45, 7) is -0.194. The summed E-state index contributed by atoms with van der Waals surface area (Å²) in [6, 6.07) is 1.28. The number of pyridine rings is 1. The normalized spacial score (nSPS) is 18.3. The van der Waals surface area contributed by atoms with Gasteiger partial charge in [0.05, 0.1) is 16.9 Å². The zero-order valence-electron chi connectivity index (χ0n) is 14.2. The number of aromatic nitrogens is 3. The van der Waals surface area contributed by atoms with Gasteiger partial charge in [-0.25, -0.2) is 9.78 Å². The number of piperidine rings is 1. The number of nitrogens with zero attached hydrogens (tertiary/aromatic N) is 4. The molecule has 0 N–H and O–H groups in total. The molecule has 7 nitrogen and oxygen atoms in total. The van der Waals surface area contributed by atoms with E-state index in [-0.39, 0.29) is 36.0 Å². The lowest BCUT2D eigenvalue weighted by atomic mass is 9.97. The van der Waals surface area contributed by atoms with Gasteiger partial charge in [0.25, 0.3) is 11.5 Å². The highest BCUT2D eigenvalue weighted by molar-refractivity contribution is 5.96. The van der Waals surface area contributed by atoms with E-state index in [2.05, 4.69) is 4.98 Å². The topological polar surface area (TPSA) is 77.2 Å². The zero-order chi connectivity index (χ0) is 19.2. The van der Waals surface area contributed by atoms with Crippen molar-refractivity contribution in [2.45, 2.75) is 19.0 Å². The third-order valence-corrected chi connectivity index (χ3v) is 4.71. The molecule has 2 aromatic heterocycles. The highest BCUT2D eigenvalue weighted by atomic mass is 19.4. The number of rotatable bonds is 1. The molecule has 0 saturated carbocycles. The van der Waals surface area contributed by atoms with E-state index in [1.807, 2.05) is 0 Å². The number of alkyl halides is 3. The van der Waals surface area contributed by atoms with Crippen molar-refractivity contribution in [2.24, 2.45) is 20.0 Å². The maximum atomic E-state index is 12.9. The van der Waals surface area contributed by atoms with Gasteiger partial charge in [0.1, 0.15) is 5.65 Å². The molecule has 1 saturated heterocycles. The third-order valence-electron chi connectivity index (χ3n) is 4.71. The van der Waals surface area contributed by atoms with E-state index in [1.54, 1.807) is 0 Å². The molecule has 1 aliphatic heterocycles. The molecule has 0 unspecified atom stereocenters. The molecule has 0 aliphatic carbocycles. The Kier molecular flexibility index (Phi) is 4.37. The van der Waals surface area contributed by atoms with Gasteiger partial charge in [0.15, 0.2) is 0 Å². The molecule has 3 heterocycles. The molecule has 0 radical (unpaired) electrons. The summed E-state index contributed by atoms with van der Waals surface area (Å²) in [6.07, 6.45) is -2.92. The van der Waals surface area contributed by atoms with Crippen LogP contribution in [-0.2, 0) is 14.1 Å². The average molecular weight is 370 g/mol. The third kappa shape index (κ3) is 2.99. The van der Waals surface area contributed by atoms with Crippen molar-refractivity contribution in [1.82, 2.24) is 19.0 Å². The van der Waals surface area contributed by atoms with Gasteiger partial charge in [-0.1, -0.05) is 0 Å². The highest BCUT2D eigenvalue weighted by Gasteiger charge is 2.42. The van der Waals surface area contributed by atoms with Crippen LogP contribution in [0.15, 0.2) is 21.9 Å². The largest absolute Gasteiger partial charge is 0.393 e. The van der Waals surface area contributed by atoms with Gasteiger partial charge in [-0.15, -0.1) is 0 Å². The standard InChI is InChI=1S/C16H17F3N4O3/c1-21-12-11(14(25)22(2)15(21)26)6-9(7-20-12)13(24)23-5-3-4-10(8-23)16(17,18)19/h6-7,10H,3-5,8H2,1-2H3/t10-/m1/s1. The number of hydrogen-bond donors (Lipinski definition) is 0. The number of carbonyl (C=O) groups excluding carboxylic acids is 1. The van der Waals surface area contributed by atoms with Crippen LogP contribution in [0.3, 0.4) is 0 Å². The summed E-state index contributed by atoms with van der Waals surface area (Å²) in [7, 11) is 2.74. The van der Waals surface area contributed by atoms with E-state index < -0.39 is 35.8 Å². The Bertz CT molecular complexity index is 993. The van der Waals surface area contributed by atoms with E-state index in [1.165, 1.54) is 30.9 Å². The van der Waals surface area contributed by atoms with E-state index >= 15 is 0 Å². The Balaban J connectivity index is 1.99. The van der Waals surface area contributed by atoms with Gasteiger partial charge in [-0.05, 0) is 18.9 Å². The molecular weight excluding hydrogens is 353 g/mol. The predicted molar refractivity (Wildman–Crippen MR) is 86.9 cm³/mol. The number of likely N-dealkylation sites (tertiary alicyclic amines) is 1. The monoisotopic (exact) mass is 370 g/mol. The second kappa shape index (κ2) is 6.26. The first-order valence-electron chi connectivity index (χ1n) is 8.03. The van der Waals surface area contributed by atoms with Crippen molar-refractivity contribution in [3.63, 3.8) is 0 Å². The molecular formula is C16H17F3N4O3. The molecule has 1 atom stereocenters. The van der Waals surface area contributed by atoms with Gasteiger partial charge >= 0.3 is 11.9 Å². The Labute approximate surface area is 145 Å². The van der Waals surface area contributed by atoms with Crippen LogP contribution in [0.25, 0.3) is 11.0 Å². The summed E-state index contributed by atoms with van der Waals surface area (Å²) >= 11 is 0. The van der Waals surface area contributed by atoms with Gasteiger partial charge in [0, 0.05) is 33.4 Å². The van der Waals surface area contributed by atoms with E-state index in [0.717, 1.165) is 9.47 Å². The van der Waals surface area contributed by atoms with Gasteiger partial charge in [0.2, 0.25) is 0 Å². The summed E-state index contributed by atoms with van der Waals surface area (Å²) in [5.41, 5.74) is -1.03. The van der Waals surface area contributed by atoms with Gasteiger partial charge in [-0.3, -0.25) is 18.7 Å². The first kappa shape index (κ1) is 18.2. The lowest BCUT2D eigenvalue weighted by molar-refractivity contribution is -0.184. The maximum absolute atomic E-state index is 12.9. The Morgan fingerprint density at radius 1 is 1.23 bits per heavy atom. The second-order valence-corrected chi connectivity index (χ2v) is 6.43. The molecule has 26 heavy (non-hydrogen) atoms. The molecule has 0 spiro atoms. The fourth-order valence-corrected chi connectivity index (χ4v) is 3.19. The zero-order valence-corrected chi connectivity index (χ0v) is 14.2. The number of halogens is 3. The lowest BCUT2D eigenvalue weighted by Crippen LogP contribution is -2.44. The average Bonchev–Trinajstić information content (AvgIpc) is 2.63. The SMILES string of the molecule is Cn1c(=O)c2cc(C(=O)N3CCC[C@@H](C(F)(F)F)C3)cnc2n(C)c1=O. The Morgan fingerprint density at radius 2 is 1.92 bits per heavy atom. The van der Waals surface area contributed by atoms with E-state index in [4.69, 9.17) is 0 Å². The predicted octanol–water partition coefficient (Wildman–Crippen LogP) is 1.05. The van der Waals surface area contributed by atoms with Crippen molar-refractivity contribution in [2.75, 3.05) is 13.1 Å². The summed E-state index contributed by atoms with van der Waals surface area (Å²) < 4.78 is 40.9. The van der Waals surface area contributed by atoms with Crippen molar-refractivity contribution in [3.8, 4) is 0 Å². The quantitative estimate of drug-likeness (QED) is 0.752. The molecule has 2 aromatic rings. The number of hydrogen-bond acceptors (Lipinski definition) is 4. The van der Waals surface area contributed by atoms with Crippen LogP contribution < -0.4 is 11.2 Å². The summed E-state index contributed by atoms with van der Waals surface area (Å²) in [5.74, 6) is -2.16. The first-order chi connectivity index (χ1) is 12.1. The van der Waals surface area contributed by atoms with E-state index in [9.17, 15) is 27.6 Å². The molecule has 0 bridgehead atoms. The van der Waals surface area contributed by atoms with Crippen LogP contribution in [-0.4, -0.2) is 44.2 Å². The Morgan fingerprint density at radius 3 is 2.58 bits per heavy atom. The molecule has 140 valence electrons. The highest BCUT2D eigenvalue weighted by Crippen LogP contribution is 2.33. The molecule has 3 rings (SSSR count). The van der Waals surface area contributed by atoms with Crippen LogP contribution in [0.1, 0.15) is 23.2 Å². The minimum atomic E-state index is -4.35. The number of aryl methyl sites for hydroxylation is 1. The fraction of sp³-hybridized carbons (Fsp3) is 0.500. The van der Waals surface area contributed by atoms with E-state index in [0.29, 0.717) is 0 Å². The molecule has 1 fully saturated rings. The maximum Gasteiger partial charge on any atom is 0.393 e. The first-order valence-corrected chi connectivity index (χ1v) is 8.03. The second-order valence-electron chi connectivity index (χ2n) is 6.43. The Hall–Kier alpha value is -2.65. The summed E-state index contributed by atoms with van der Waals surface area (Å²) in [4.78, 5) is 41.9. The van der Waals surface area contributed by atoms with Crippen molar-refractivity contribution in [3.05, 3.63) is 38.7 Å². The number of amides is 1. The number of fused-ring (bicyclic) bond motifs is 1. The molecule has 1 amide bonds. The smallest absolute Gasteiger partial charge is 0.338 e. The summed E-state index contributed by atoms with van der Waals surface area (Å²) in [5, 5.41) is 0.0600.